The Kier molecular flexibility index (Phi) is 39.0. The second-order valence-corrected chi connectivity index (χ2v) is 30.1. The largest absolute Gasteiger partial charge is 0.392 e. The van der Waals surface area contributed by atoms with Crippen LogP contribution in [0.3, 0.4) is 0 Å². The molecule has 20 N–H and O–H groups in total. The molecule has 1 heterocycles. The Balaban J connectivity index is 2.45. The highest BCUT2D eigenvalue weighted by Gasteiger charge is 2.39. The average molecular weight is 1450 g/mol. The molecule has 0 spiro atoms. The third-order valence-corrected chi connectivity index (χ3v) is 18.4. The summed E-state index contributed by atoms with van der Waals surface area (Å²) in [5.74, 6) is -11.5. The lowest BCUT2D eigenvalue weighted by Gasteiger charge is -2.31. The Morgan fingerprint density at radius 3 is 1.30 bits per heavy atom. The Morgan fingerprint density at radius 1 is 0.447 bits per heavy atom. The molecular formula is C73H127N17O13. The molecule has 15 atom stereocenters. The van der Waals surface area contributed by atoms with Gasteiger partial charge in [0, 0.05) is 42.7 Å². The molecule has 30 nitrogen and oxygen atoms in total. The number of para-hydroxylation sites is 1. The van der Waals surface area contributed by atoms with Crippen molar-refractivity contribution in [2.45, 2.75) is 268 Å². The molecule has 0 saturated carbocycles. The number of aromatic nitrogens is 1. The highest BCUT2D eigenvalue weighted by Crippen LogP contribution is 2.21. The maximum Gasteiger partial charge on any atom is 0.243 e. The number of carbonyl (C=O) groups excluding carboxylic acids is 12. The fraction of sp³-hybridized carbons (Fsp3) is 0.712. The van der Waals surface area contributed by atoms with Crippen molar-refractivity contribution in [1.82, 2.24) is 68.8 Å². The molecule has 2 rings (SSSR count). The number of nitrogens with two attached hydrogens (primary N) is 3. The number of nitrogens with one attached hydrogen (secondary N) is 13. The molecule has 103 heavy (non-hydrogen) atoms. The molecule has 0 bridgehead atoms. The van der Waals surface area contributed by atoms with Crippen LogP contribution in [0.5, 0.6) is 0 Å². The lowest BCUT2D eigenvalue weighted by Crippen LogP contribution is -2.62. The van der Waals surface area contributed by atoms with E-state index in [0.29, 0.717) is 18.4 Å². The summed E-state index contributed by atoms with van der Waals surface area (Å²) in [4.78, 5) is 177. The minimum atomic E-state index is -1.37. The van der Waals surface area contributed by atoms with Gasteiger partial charge in [-0.25, -0.2) is 0 Å². The predicted molar refractivity (Wildman–Crippen MR) is 398 cm³/mol. The fourth-order valence-corrected chi connectivity index (χ4v) is 11.2. The summed E-state index contributed by atoms with van der Waals surface area (Å²) in [5, 5.41) is 44.3. The number of benzene rings is 1. The van der Waals surface area contributed by atoms with Gasteiger partial charge in [0.05, 0.1) is 12.5 Å². The van der Waals surface area contributed by atoms with Crippen LogP contribution in [0.4, 0.5) is 0 Å². The number of aromatic amines is 1. The van der Waals surface area contributed by atoms with Gasteiger partial charge in [0.25, 0.3) is 0 Å². The summed E-state index contributed by atoms with van der Waals surface area (Å²) < 4.78 is 0. The Labute approximate surface area is 609 Å². The number of aliphatic hydroxyl groups excluding tert-OH is 1. The Morgan fingerprint density at radius 2 is 0.835 bits per heavy atom. The zero-order chi connectivity index (χ0) is 78.4. The Bertz CT molecular complexity index is 3150. The van der Waals surface area contributed by atoms with Crippen molar-refractivity contribution >= 4 is 87.7 Å². The lowest BCUT2D eigenvalue weighted by atomic mass is 9.95. The topological polar surface area (TPSA) is 476 Å². The van der Waals surface area contributed by atoms with Gasteiger partial charge in [0.2, 0.25) is 70.9 Å². The van der Waals surface area contributed by atoms with Crippen molar-refractivity contribution in [2.75, 3.05) is 13.1 Å². The third kappa shape index (κ3) is 30.4. The van der Waals surface area contributed by atoms with Crippen molar-refractivity contribution in [3.05, 3.63) is 36.0 Å². The van der Waals surface area contributed by atoms with E-state index in [2.05, 4.69) is 73.8 Å². The molecule has 0 unspecified atom stereocenters. The van der Waals surface area contributed by atoms with E-state index in [1.165, 1.54) is 13.8 Å². The number of hydrogen-bond donors (Lipinski definition) is 17. The molecule has 12 amide bonds. The normalized spacial score (nSPS) is 16.0. The van der Waals surface area contributed by atoms with E-state index in [-0.39, 0.29) is 93.2 Å². The van der Waals surface area contributed by atoms with E-state index in [9.17, 15) is 62.6 Å². The minimum Gasteiger partial charge on any atom is -0.392 e. The lowest BCUT2D eigenvalue weighted by molar-refractivity contribution is -0.137. The molecule has 1 aromatic heterocycles. The van der Waals surface area contributed by atoms with E-state index in [1.807, 2.05) is 72.7 Å². The molecule has 0 aliphatic rings. The number of rotatable bonds is 45. The van der Waals surface area contributed by atoms with E-state index >= 15 is 0 Å². The van der Waals surface area contributed by atoms with E-state index < -0.39 is 167 Å². The highest BCUT2D eigenvalue weighted by molar-refractivity contribution is 6.00. The second kappa shape index (κ2) is 44.3. The summed E-state index contributed by atoms with van der Waals surface area (Å²) in [6.07, 6.45) is 1.84. The number of aliphatic hydroxyl groups is 1. The number of hydrogen-bond acceptors (Lipinski definition) is 15. The summed E-state index contributed by atoms with van der Waals surface area (Å²) >= 11 is 0. The van der Waals surface area contributed by atoms with Crippen LogP contribution in [0.1, 0.15) is 189 Å². The first-order valence-electron chi connectivity index (χ1n) is 36.7. The molecule has 2 aromatic rings. The molecule has 1 aromatic carbocycles. The van der Waals surface area contributed by atoms with E-state index in [4.69, 9.17) is 17.2 Å². The maximum absolute atomic E-state index is 14.7. The van der Waals surface area contributed by atoms with Gasteiger partial charge in [0.15, 0.2) is 5.96 Å². The summed E-state index contributed by atoms with van der Waals surface area (Å²) in [7, 11) is 0. The molecule has 0 aliphatic heterocycles. The van der Waals surface area contributed by atoms with Gasteiger partial charge in [-0.05, 0) is 104 Å². The zero-order valence-corrected chi connectivity index (χ0v) is 64.7. The van der Waals surface area contributed by atoms with E-state index in [0.717, 1.165) is 10.9 Å². The van der Waals surface area contributed by atoms with Crippen LogP contribution in [0.25, 0.3) is 10.9 Å². The highest BCUT2D eigenvalue weighted by atomic mass is 16.3. The molecule has 0 radical (unpaired) electrons. The third-order valence-electron chi connectivity index (χ3n) is 18.4. The number of fused-ring (bicyclic) bond motifs is 1. The van der Waals surface area contributed by atoms with Gasteiger partial charge in [0.1, 0.15) is 66.5 Å². The van der Waals surface area contributed by atoms with Crippen LogP contribution in [-0.2, 0) is 64.0 Å². The molecule has 30 heteroatoms. The SMILES string of the molecule is CC[C@H](C)[C@H](NC(=O)C[C@@H](O)C(C)C)C(=O)N[C@@H](C)C(=O)N[C@H](CC(C)C)C(=O)N[C@H](C(=O)N[C@H](C(=O)N[C@H](CCCN=C(N)N)C(=O)N[C@@H](C)C(=O)N[C@H](C(=O)N[C@H](Cc1c[nH]c2ccccc12)C(=O)N[C@H](C(=O)N[C@@H](CC(C)C)C(=O)N[C@H](CN)C(C)C)C(C)C)C(C)C)C(C)C)[C@@H](C)CC. The van der Waals surface area contributed by atoms with Gasteiger partial charge in [-0.2, -0.15) is 0 Å². The summed E-state index contributed by atoms with van der Waals surface area (Å²) in [6, 6.07) is -6.50. The molecule has 0 fully saturated rings. The van der Waals surface area contributed by atoms with Gasteiger partial charge >= 0.3 is 0 Å². The number of aliphatic imine (C=N–C) groups is 1. The summed E-state index contributed by atoms with van der Waals surface area (Å²) in [6.45, 7) is 35.1. The van der Waals surface area contributed by atoms with Gasteiger partial charge in [-0.15, -0.1) is 0 Å². The predicted octanol–water partition coefficient (Wildman–Crippen LogP) is 1.80. The smallest absolute Gasteiger partial charge is 0.243 e. The van der Waals surface area contributed by atoms with Crippen LogP contribution < -0.4 is 81.0 Å². The van der Waals surface area contributed by atoms with Crippen molar-refractivity contribution in [3.8, 4) is 0 Å². The number of H-pyrrole nitrogens is 1. The van der Waals surface area contributed by atoms with Crippen LogP contribution in [0, 0.1) is 53.3 Å². The van der Waals surface area contributed by atoms with Gasteiger partial charge < -0.3 is 91.1 Å². The van der Waals surface area contributed by atoms with Crippen LogP contribution in [-0.4, -0.2) is 179 Å². The number of nitrogens with zero attached hydrogens (tertiary/aromatic N) is 1. The van der Waals surface area contributed by atoms with Crippen molar-refractivity contribution in [1.29, 1.82) is 0 Å². The van der Waals surface area contributed by atoms with Gasteiger partial charge in [-0.3, -0.25) is 62.5 Å². The number of carbonyl (C=O) groups is 12. The molecule has 582 valence electrons. The van der Waals surface area contributed by atoms with Crippen LogP contribution in [0.15, 0.2) is 35.5 Å². The quantitative estimate of drug-likeness (QED) is 0.0255. The fourth-order valence-electron chi connectivity index (χ4n) is 11.2. The van der Waals surface area contributed by atoms with Crippen LogP contribution >= 0.6 is 0 Å². The number of amides is 12. The first-order valence-corrected chi connectivity index (χ1v) is 36.7. The molecule has 0 saturated heterocycles. The monoisotopic (exact) mass is 1450 g/mol. The molecule has 0 aliphatic carbocycles. The minimum absolute atomic E-state index is 0.00690. The first-order chi connectivity index (χ1) is 48.1. The first kappa shape index (κ1) is 90.7. The standard InChI is InChI=1S/C73H127N17O13/c1-21-43(17)60(86-56(92)33-55(91)39(9)10)71(102)80-45(19)62(93)82-52(31-37(5)6)66(97)90-61(44(18)22-2)72(103)89-59(42(15)16)68(99)81-50(28-25-29-77-73(75)76)64(95)79-46(20)63(94)87-57(40(11)12)69(100)84-53(32-47-35-78-49-27-24-23-26-48(47)49)67(98)88-58(41(13)14)70(101)83-51(30-36(3)4)65(96)85-54(34-74)38(7)8/h23-24,26-27,35-46,50-55,57-61,78,91H,21-22,25,28-34,74H2,1-20H3,(H,79,95)(H,80,102)(H,81,99)(H,82,93)(H,83,101)(H,84,100)(H,85,96)(H,86,92)(H,87,94)(H,88,98)(H,89,103)(H,90,97)(H4,75,76,77)/t43-,44-,45-,46-,50+,51-,52+,53+,54+,55+,57-,58-,59-,60-,61-/m0/s1. The second-order valence-electron chi connectivity index (χ2n) is 30.1. The van der Waals surface area contributed by atoms with Gasteiger partial charge in [-0.1, -0.05) is 156 Å². The summed E-state index contributed by atoms with van der Waals surface area (Å²) in [5.41, 5.74) is 18.6. The van der Waals surface area contributed by atoms with Crippen molar-refractivity contribution < 1.29 is 62.6 Å². The van der Waals surface area contributed by atoms with E-state index in [1.54, 1.807) is 82.4 Å². The average Bonchev–Trinajstić information content (AvgIpc) is 1.74. The zero-order valence-electron chi connectivity index (χ0n) is 64.7. The van der Waals surface area contributed by atoms with Crippen molar-refractivity contribution in [3.63, 3.8) is 0 Å². The maximum atomic E-state index is 14.7. The van der Waals surface area contributed by atoms with Crippen molar-refractivity contribution in [2.24, 2.45) is 75.5 Å². The molecular weight excluding hydrogens is 1320 g/mol. The Hall–Kier alpha value is -8.41. The van der Waals surface area contributed by atoms with Crippen LogP contribution in [0.2, 0.25) is 0 Å². The number of guanidine groups is 1.